The maximum absolute atomic E-state index is 13.1. The van der Waals surface area contributed by atoms with E-state index in [1.807, 2.05) is 0 Å². The molecule has 158 valence electrons. The van der Waals surface area contributed by atoms with Gasteiger partial charge in [-0.2, -0.15) is 0 Å². The number of imide groups is 2. The lowest BCUT2D eigenvalue weighted by Gasteiger charge is -2.30. The number of hydrogen-bond donors (Lipinski definition) is 1. The van der Waals surface area contributed by atoms with Gasteiger partial charge in [0.05, 0.1) is 34.1 Å². The van der Waals surface area contributed by atoms with Gasteiger partial charge in [0.1, 0.15) is 11.7 Å². The fourth-order valence-corrected chi connectivity index (χ4v) is 3.26. The van der Waals surface area contributed by atoms with Crippen molar-refractivity contribution < 1.29 is 33.3 Å². The molecule has 2 aromatic carbocycles. The third-order valence-electron chi connectivity index (χ3n) is 4.76. The van der Waals surface area contributed by atoms with E-state index in [4.69, 9.17) is 18.9 Å². The zero-order valence-corrected chi connectivity index (χ0v) is 17.1. The lowest BCUT2D eigenvalue weighted by Crippen LogP contribution is -2.58. The summed E-state index contributed by atoms with van der Waals surface area (Å²) in [5.41, 5.74) is 0.947. The molecule has 1 saturated heterocycles. The molecule has 30 heavy (non-hydrogen) atoms. The minimum Gasteiger partial charge on any atom is -0.497 e. The van der Waals surface area contributed by atoms with Gasteiger partial charge in [0.15, 0.2) is 11.5 Å². The molecule has 1 unspecified atom stereocenters. The van der Waals surface area contributed by atoms with Gasteiger partial charge in [0.2, 0.25) is 17.6 Å². The molecule has 9 heteroatoms. The van der Waals surface area contributed by atoms with Gasteiger partial charge >= 0.3 is 6.03 Å². The molecule has 1 N–H and O–H groups in total. The van der Waals surface area contributed by atoms with Crippen LogP contribution in [0.15, 0.2) is 36.4 Å². The Bertz CT molecular complexity index is 947. The molecule has 4 amide bonds. The summed E-state index contributed by atoms with van der Waals surface area (Å²) in [4.78, 5) is 38.8. The van der Waals surface area contributed by atoms with Crippen molar-refractivity contribution in [1.82, 2.24) is 5.32 Å². The topological polar surface area (TPSA) is 103 Å². The number of nitrogens with zero attached hydrogens (tertiary/aromatic N) is 1. The van der Waals surface area contributed by atoms with Crippen molar-refractivity contribution in [2.24, 2.45) is 5.92 Å². The first kappa shape index (κ1) is 21.0. The number of carbonyl (C=O) groups is 3. The largest absolute Gasteiger partial charge is 0.497 e. The predicted octanol–water partition coefficient (Wildman–Crippen LogP) is 2.16. The van der Waals surface area contributed by atoms with Crippen molar-refractivity contribution in [3.63, 3.8) is 0 Å². The molecular formula is C21H22N2O7. The Morgan fingerprint density at radius 1 is 0.867 bits per heavy atom. The van der Waals surface area contributed by atoms with Crippen LogP contribution in [-0.2, 0) is 16.0 Å². The molecule has 2 aromatic rings. The first-order valence-electron chi connectivity index (χ1n) is 9.05. The minimum atomic E-state index is -1.10. The lowest BCUT2D eigenvalue weighted by atomic mass is 9.94. The van der Waals surface area contributed by atoms with Gasteiger partial charge in [-0.3, -0.25) is 14.9 Å². The highest BCUT2D eigenvalue weighted by Crippen LogP contribution is 2.39. The Kier molecular flexibility index (Phi) is 6.10. The molecular weight excluding hydrogens is 392 g/mol. The average molecular weight is 414 g/mol. The second-order valence-electron chi connectivity index (χ2n) is 6.46. The van der Waals surface area contributed by atoms with E-state index in [1.54, 1.807) is 36.4 Å². The molecule has 3 rings (SSSR count). The van der Waals surface area contributed by atoms with Crippen molar-refractivity contribution in [3.05, 3.63) is 42.0 Å². The summed E-state index contributed by atoms with van der Waals surface area (Å²) in [6, 6.07) is 8.93. The zero-order chi connectivity index (χ0) is 21.8. The molecule has 0 aromatic heterocycles. The summed E-state index contributed by atoms with van der Waals surface area (Å²) in [6.07, 6.45) is 0.0430. The van der Waals surface area contributed by atoms with Crippen LogP contribution in [0.1, 0.15) is 5.56 Å². The highest BCUT2D eigenvalue weighted by molar-refractivity contribution is 6.27. The van der Waals surface area contributed by atoms with Gasteiger partial charge < -0.3 is 18.9 Å². The molecule has 1 atom stereocenters. The fourth-order valence-electron chi connectivity index (χ4n) is 3.26. The third-order valence-corrected chi connectivity index (χ3v) is 4.76. The van der Waals surface area contributed by atoms with Crippen molar-refractivity contribution in [2.45, 2.75) is 6.42 Å². The quantitative estimate of drug-likeness (QED) is 0.693. The first-order valence-corrected chi connectivity index (χ1v) is 9.05. The van der Waals surface area contributed by atoms with Crippen molar-refractivity contribution in [2.75, 3.05) is 33.3 Å². The number of ether oxygens (including phenoxy) is 4. The van der Waals surface area contributed by atoms with Crippen LogP contribution < -0.4 is 29.2 Å². The predicted molar refractivity (Wildman–Crippen MR) is 107 cm³/mol. The Morgan fingerprint density at radius 2 is 1.47 bits per heavy atom. The summed E-state index contributed by atoms with van der Waals surface area (Å²) in [5, 5.41) is 2.25. The fraction of sp³-hybridized carbons (Fsp3) is 0.286. The van der Waals surface area contributed by atoms with Gasteiger partial charge in [-0.1, -0.05) is 0 Å². The van der Waals surface area contributed by atoms with Crippen LogP contribution in [0.4, 0.5) is 10.5 Å². The second kappa shape index (κ2) is 8.73. The molecule has 1 aliphatic heterocycles. The van der Waals surface area contributed by atoms with E-state index in [0.29, 0.717) is 34.2 Å². The number of carbonyl (C=O) groups excluding carboxylic acids is 3. The van der Waals surface area contributed by atoms with E-state index >= 15 is 0 Å². The molecule has 1 fully saturated rings. The number of amides is 4. The monoisotopic (exact) mass is 414 g/mol. The number of nitrogens with one attached hydrogen (secondary N) is 1. The van der Waals surface area contributed by atoms with Crippen LogP contribution in [-0.4, -0.2) is 46.3 Å². The van der Waals surface area contributed by atoms with E-state index in [9.17, 15) is 14.4 Å². The van der Waals surface area contributed by atoms with Gasteiger partial charge in [0.25, 0.3) is 0 Å². The average Bonchev–Trinajstić information content (AvgIpc) is 2.76. The van der Waals surface area contributed by atoms with Gasteiger partial charge in [-0.15, -0.1) is 0 Å². The molecule has 1 aliphatic rings. The Labute approximate surface area is 173 Å². The van der Waals surface area contributed by atoms with E-state index in [-0.39, 0.29) is 6.42 Å². The number of barbiturate groups is 1. The smallest absolute Gasteiger partial charge is 0.335 e. The molecule has 0 saturated carbocycles. The van der Waals surface area contributed by atoms with E-state index in [1.165, 1.54) is 28.4 Å². The lowest BCUT2D eigenvalue weighted by molar-refractivity contribution is -0.134. The van der Waals surface area contributed by atoms with Gasteiger partial charge in [-0.25, -0.2) is 9.69 Å². The number of anilines is 1. The summed E-state index contributed by atoms with van der Waals surface area (Å²) in [7, 11) is 5.95. The van der Waals surface area contributed by atoms with Crippen molar-refractivity contribution in [3.8, 4) is 23.0 Å². The molecule has 0 radical (unpaired) electrons. The van der Waals surface area contributed by atoms with Crippen molar-refractivity contribution in [1.29, 1.82) is 0 Å². The molecule has 9 nitrogen and oxygen atoms in total. The van der Waals surface area contributed by atoms with E-state index < -0.39 is 23.8 Å². The zero-order valence-electron chi connectivity index (χ0n) is 17.1. The van der Waals surface area contributed by atoms with Crippen LogP contribution in [0.2, 0.25) is 0 Å². The Hall–Kier alpha value is -3.75. The van der Waals surface area contributed by atoms with Crippen molar-refractivity contribution >= 4 is 23.5 Å². The van der Waals surface area contributed by atoms with Crippen LogP contribution in [0.3, 0.4) is 0 Å². The summed E-state index contributed by atoms with van der Waals surface area (Å²) in [5.74, 6) is -0.608. The van der Waals surface area contributed by atoms with Crippen LogP contribution in [0.5, 0.6) is 23.0 Å². The highest BCUT2D eigenvalue weighted by atomic mass is 16.5. The number of urea groups is 1. The molecule has 0 aliphatic carbocycles. The Balaban J connectivity index is 1.92. The maximum Gasteiger partial charge on any atom is 0.335 e. The SMILES string of the molecule is COc1ccc(N2C(=O)NC(=O)C(Cc3cc(OC)c(OC)c(OC)c3)C2=O)cc1. The first-order chi connectivity index (χ1) is 14.4. The maximum atomic E-state index is 13.1. The molecule has 1 heterocycles. The van der Waals surface area contributed by atoms with Crippen LogP contribution >= 0.6 is 0 Å². The number of benzene rings is 2. The second-order valence-corrected chi connectivity index (χ2v) is 6.46. The number of rotatable bonds is 7. The third kappa shape index (κ3) is 3.86. The van der Waals surface area contributed by atoms with Crippen LogP contribution in [0.25, 0.3) is 0 Å². The number of methoxy groups -OCH3 is 4. The standard InChI is InChI=1S/C21H22N2O7/c1-27-14-7-5-13(6-8-14)23-20(25)15(19(24)22-21(23)26)9-12-10-16(28-2)18(30-4)17(11-12)29-3/h5-8,10-11,15H,9H2,1-4H3,(H,22,24,26). The summed E-state index contributed by atoms with van der Waals surface area (Å²) >= 11 is 0. The van der Waals surface area contributed by atoms with E-state index in [2.05, 4.69) is 5.32 Å². The van der Waals surface area contributed by atoms with Crippen LogP contribution in [0, 0.1) is 5.92 Å². The molecule has 0 spiro atoms. The Morgan fingerprint density at radius 3 is 1.97 bits per heavy atom. The summed E-state index contributed by atoms with van der Waals surface area (Å²) < 4.78 is 21.0. The molecule has 0 bridgehead atoms. The number of hydrogen-bond acceptors (Lipinski definition) is 7. The van der Waals surface area contributed by atoms with E-state index in [0.717, 1.165) is 4.90 Å². The van der Waals surface area contributed by atoms with Gasteiger partial charge in [0, 0.05) is 0 Å². The minimum absolute atomic E-state index is 0.0430. The van der Waals surface area contributed by atoms with Gasteiger partial charge in [-0.05, 0) is 48.4 Å². The summed E-state index contributed by atoms with van der Waals surface area (Å²) in [6.45, 7) is 0. The highest BCUT2D eigenvalue weighted by Gasteiger charge is 2.41. The normalized spacial score (nSPS) is 16.2.